The van der Waals surface area contributed by atoms with Gasteiger partial charge in [-0.05, 0) is 24.6 Å². The van der Waals surface area contributed by atoms with E-state index in [9.17, 15) is 31.9 Å². The number of benzene rings is 1. The van der Waals surface area contributed by atoms with E-state index in [0.717, 1.165) is 18.2 Å². The molecule has 0 radical (unpaired) electrons. The van der Waals surface area contributed by atoms with Crippen LogP contribution in [0.15, 0.2) is 18.2 Å². The molecule has 1 aromatic rings. The maximum atomic E-state index is 12.9. The van der Waals surface area contributed by atoms with Crippen molar-refractivity contribution in [3.8, 4) is 6.07 Å². The minimum Gasteiger partial charge on any atom is -0.382 e. The highest BCUT2D eigenvalue weighted by atomic mass is 19.4. The second-order valence-electron chi connectivity index (χ2n) is 5.04. The molecule has 1 aromatic carbocycles. The van der Waals surface area contributed by atoms with E-state index in [-0.39, 0.29) is 24.1 Å². The van der Waals surface area contributed by atoms with E-state index >= 15 is 0 Å². The van der Waals surface area contributed by atoms with Crippen molar-refractivity contribution < 1.29 is 31.9 Å². The molecule has 2 atom stereocenters. The van der Waals surface area contributed by atoms with Crippen LogP contribution in [0.3, 0.4) is 0 Å². The number of rotatable bonds is 3. The Balaban J connectivity index is 2.44. The molecule has 1 aliphatic heterocycles. The summed E-state index contributed by atoms with van der Waals surface area (Å²) in [5, 5.41) is 18.2. The zero-order valence-electron chi connectivity index (χ0n) is 11.5. The van der Waals surface area contributed by atoms with E-state index in [4.69, 9.17) is 5.26 Å². The van der Waals surface area contributed by atoms with Gasteiger partial charge in [-0.25, -0.2) is 8.78 Å². The molecule has 1 fully saturated rings. The number of amides is 1. The highest BCUT2D eigenvalue weighted by Gasteiger charge is 2.49. The number of halogens is 5. The molecule has 0 spiro atoms. The first-order valence-corrected chi connectivity index (χ1v) is 6.56. The predicted molar refractivity (Wildman–Crippen MR) is 68.7 cm³/mol. The van der Waals surface area contributed by atoms with Crippen molar-refractivity contribution in [1.82, 2.24) is 0 Å². The van der Waals surface area contributed by atoms with Crippen molar-refractivity contribution in [2.24, 2.45) is 0 Å². The van der Waals surface area contributed by atoms with E-state index in [1.54, 1.807) is 6.07 Å². The van der Waals surface area contributed by atoms with Crippen LogP contribution >= 0.6 is 0 Å². The van der Waals surface area contributed by atoms with Gasteiger partial charge < -0.3 is 10.0 Å². The molecule has 0 saturated carbocycles. The number of alkyl halides is 5. The van der Waals surface area contributed by atoms with Gasteiger partial charge in [0.2, 0.25) is 5.91 Å². The summed E-state index contributed by atoms with van der Waals surface area (Å²) in [4.78, 5) is 12.5. The number of hydrogen-bond acceptors (Lipinski definition) is 3. The van der Waals surface area contributed by atoms with Crippen LogP contribution in [0, 0.1) is 11.3 Å². The Morgan fingerprint density at radius 2 is 2.00 bits per heavy atom. The van der Waals surface area contributed by atoms with Gasteiger partial charge in [-0.2, -0.15) is 18.4 Å². The lowest BCUT2D eigenvalue weighted by molar-refractivity contribution is -0.209. The van der Waals surface area contributed by atoms with E-state index < -0.39 is 36.2 Å². The number of carbonyl (C=O) groups excluding carboxylic acids is 1. The van der Waals surface area contributed by atoms with Crippen LogP contribution in [0.1, 0.15) is 30.4 Å². The third-order valence-corrected chi connectivity index (χ3v) is 3.62. The molecule has 124 valence electrons. The van der Waals surface area contributed by atoms with Crippen molar-refractivity contribution >= 4 is 11.6 Å². The van der Waals surface area contributed by atoms with Crippen LogP contribution in [0.4, 0.5) is 27.6 Å². The third-order valence-electron chi connectivity index (χ3n) is 3.62. The lowest BCUT2D eigenvalue weighted by atomic mass is 10.0. The molecule has 9 heteroatoms. The molecule has 0 aliphatic carbocycles. The minimum absolute atomic E-state index is 0.199. The molecular weight excluding hydrogens is 323 g/mol. The second-order valence-corrected chi connectivity index (χ2v) is 5.04. The molecular formula is C14H11F5N2O2. The van der Waals surface area contributed by atoms with Crippen LogP contribution in [0.25, 0.3) is 0 Å². The molecule has 0 unspecified atom stereocenters. The van der Waals surface area contributed by atoms with E-state index in [0.29, 0.717) is 4.90 Å². The van der Waals surface area contributed by atoms with E-state index in [1.807, 2.05) is 0 Å². The monoisotopic (exact) mass is 334 g/mol. The largest absolute Gasteiger partial charge is 0.416 e. The molecule has 2 rings (SSSR count). The molecule has 4 nitrogen and oxygen atoms in total. The number of carbonyl (C=O) groups is 1. The Morgan fingerprint density at radius 3 is 2.52 bits per heavy atom. The Morgan fingerprint density at radius 1 is 1.35 bits per heavy atom. The van der Waals surface area contributed by atoms with Gasteiger partial charge in [0.1, 0.15) is 0 Å². The molecule has 23 heavy (non-hydrogen) atoms. The van der Waals surface area contributed by atoms with Gasteiger partial charge in [0.25, 0.3) is 6.43 Å². The number of hydrogen-bond donors (Lipinski definition) is 1. The van der Waals surface area contributed by atoms with Gasteiger partial charge >= 0.3 is 6.18 Å². The summed E-state index contributed by atoms with van der Waals surface area (Å²) < 4.78 is 64.0. The average molecular weight is 334 g/mol. The summed E-state index contributed by atoms with van der Waals surface area (Å²) in [5.41, 5.74) is -1.21. The third kappa shape index (κ3) is 3.27. The van der Waals surface area contributed by atoms with Crippen molar-refractivity contribution in [3.63, 3.8) is 0 Å². The Kier molecular flexibility index (Phi) is 4.56. The summed E-state index contributed by atoms with van der Waals surface area (Å²) in [6, 6.07) is 2.91. The maximum Gasteiger partial charge on any atom is 0.416 e. The van der Waals surface area contributed by atoms with Crippen molar-refractivity contribution in [1.29, 1.82) is 5.26 Å². The minimum atomic E-state index is -4.94. The van der Waals surface area contributed by atoms with Crippen molar-refractivity contribution in [2.45, 2.75) is 37.6 Å². The maximum absolute atomic E-state index is 12.9. The first kappa shape index (κ1) is 17.1. The zero-order chi connectivity index (χ0) is 17.4. The van der Waals surface area contributed by atoms with E-state index in [2.05, 4.69) is 0 Å². The molecule has 1 amide bonds. The Labute approximate surface area is 127 Å². The molecule has 1 N–H and O–H groups in total. The first-order valence-electron chi connectivity index (χ1n) is 6.56. The summed E-state index contributed by atoms with van der Waals surface area (Å²) >= 11 is 0. The van der Waals surface area contributed by atoms with Crippen LogP contribution in [-0.4, -0.2) is 29.3 Å². The van der Waals surface area contributed by atoms with Crippen LogP contribution < -0.4 is 4.90 Å². The molecule has 1 heterocycles. The van der Waals surface area contributed by atoms with Gasteiger partial charge in [0, 0.05) is 17.7 Å². The highest BCUT2D eigenvalue weighted by molar-refractivity contribution is 5.96. The van der Waals surface area contributed by atoms with Gasteiger partial charge in [-0.3, -0.25) is 4.79 Å². The fourth-order valence-corrected chi connectivity index (χ4v) is 2.54. The van der Waals surface area contributed by atoms with Crippen molar-refractivity contribution in [3.05, 3.63) is 29.3 Å². The lowest BCUT2D eigenvalue weighted by Gasteiger charge is -2.30. The van der Waals surface area contributed by atoms with Gasteiger partial charge in [0.15, 0.2) is 6.10 Å². The fourth-order valence-electron chi connectivity index (χ4n) is 2.54. The molecule has 0 aromatic heterocycles. The van der Waals surface area contributed by atoms with Gasteiger partial charge in [-0.1, -0.05) is 0 Å². The summed E-state index contributed by atoms with van der Waals surface area (Å²) in [6.07, 6.45) is -11.2. The Hall–Kier alpha value is -2.21. The molecule has 1 saturated heterocycles. The van der Waals surface area contributed by atoms with Crippen molar-refractivity contribution in [2.75, 3.05) is 4.90 Å². The van der Waals surface area contributed by atoms with E-state index in [1.165, 1.54) is 0 Å². The number of nitrogens with zero attached hydrogens (tertiary/aromatic N) is 2. The quantitative estimate of drug-likeness (QED) is 0.865. The number of anilines is 1. The van der Waals surface area contributed by atoms with Gasteiger partial charge in [0.05, 0.1) is 17.7 Å². The fraction of sp³-hybridized carbons (Fsp3) is 0.429. The topological polar surface area (TPSA) is 64.3 Å². The lowest BCUT2D eigenvalue weighted by Crippen LogP contribution is -2.48. The van der Waals surface area contributed by atoms with Crippen LogP contribution in [0.5, 0.6) is 0 Å². The normalized spacial score (nSPS) is 20.0. The number of aliphatic hydroxyl groups excluding tert-OH is 1. The summed E-state index contributed by atoms with van der Waals surface area (Å²) in [5.74, 6) is -0.705. The van der Waals surface area contributed by atoms with Crippen LogP contribution in [0.2, 0.25) is 0 Å². The Bertz CT molecular complexity index is 654. The number of aliphatic hydroxyl groups is 1. The first-order chi connectivity index (χ1) is 10.7. The standard InChI is InChI=1S/C14H11F5N2O2/c15-13(16)9-5-8(2-1-7(9)6-20)21-10(3-4-11(21)22)12(23)14(17,18)19/h1-2,5,10,12-13,23H,3-4H2/t10-,12-/m1/s1. The zero-order valence-corrected chi connectivity index (χ0v) is 11.5. The highest BCUT2D eigenvalue weighted by Crippen LogP contribution is 2.36. The average Bonchev–Trinajstić information content (AvgIpc) is 2.86. The smallest absolute Gasteiger partial charge is 0.382 e. The molecule has 0 bridgehead atoms. The SMILES string of the molecule is N#Cc1ccc(N2C(=O)CC[C@@H]2[C@@H](O)C(F)(F)F)cc1C(F)F. The summed E-state index contributed by atoms with van der Waals surface area (Å²) in [6.45, 7) is 0. The summed E-state index contributed by atoms with van der Waals surface area (Å²) in [7, 11) is 0. The van der Waals surface area contributed by atoms with Gasteiger partial charge in [-0.15, -0.1) is 0 Å². The molecule has 1 aliphatic rings. The number of nitriles is 1. The van der Waals surface area contributed by atoms with Crippen LogP contribution in [-0.2, 0) is 4.79 Å². The second kappa shape index (κ2) is 6.12. The predicted octanol–water partition coefficient (Wildman–Crippen LogP) is 2.91.